The molecule has 3 aromatic rings. The molecule has 2 nitrogen and oxygen atoms in total. The summed E-state index contributed by atoms with van der Waals surface area (Å²) in [6.07, 6.45) is 4.76. The van der Waals surface area contributed by atoms with Crippen LogP contribution >= 0.6 is 0 Å². The fourth-order valence-corrected chi connectivity index (χ4v) is 2.90. The Morgan fingerprint density at radius 3 is 2.68 bits per heavy atom. The third-order valence-electron chi connectivity index (χ3n) is 3.87. The van der Waals surface area contributed by atoms with Crippen molar-refractivity contribution in [2.75, 3.05) is 5.32 Å². The molecule has 0 aliphatic carbocycles. The van der Waals surface area contributed by atoms with Gasteiger partial charge in [-0.3, -0.25) is 4.98 Å². The highest BCUT2D eigenvalue weighted by Gasteiger charge is 2.23. The van der Waals surface area contributed by atoms with Crippen LogP contribution in [0.2, 0.25) is 0 Å². The summed E-state index contributed by atoms with van der Waals surface area (Å²) in [7, 11) is 0. The lowest BCUT2D eigenvalue weighted by Crippen LogP contribution is -2.05. The molecular formula is C17H14N2. The van der Waals surface area contributed by atoms with E-state index in [1.54, 1.807) is 0 Å². The smallest absolute Gasteiger partial charge is 0.0556 e. The maximum Gasteiger partial charge on any atom is 0.0556 e. The fourth-order valence-electron chi connectivity index (χ4n) is 2.90. The summed E-state index contributed by atoms with van der Waals surface area (Å²) in [5.41, 5.74) is 4.00. The highest BCUT2D eigenvalue weighted by Crippen LogP contribution is 2.38. The number of benzene rings is 2. The summed E-state index contributed by atoms with van der Waals surface area (Å²) >= 11 is 0. The lowest BCUT2D eigenvalue weighted by molar-refractivity contribution is 0.822. The van der Waals surface area contributed by atoms with Crippen LogP contribution in [0.15, 0.2) is 60.9 Å². The van der Waals surface area contributed by atoms with Crippen LogP contribution in [0.3, 0.4) is 0 Å². The molecule has 2 aromatic carbocycles. The van der Waals surface area contributed by atoms with Gasteiger partial charge in [0.15, 0.2) is 0 Å². The second-order valence-corrected chi connectivity index (χ2v) is 5.00. The van der Waals surface area contributed by atoms with E-state index in [-0.39, 0.29) is 0 Å². The van der Waals surface area contributed by atoms with Gasteiger partial charge in [0.25, 0.3) is 0 Å². The molecule has 0 spiro atoms. The first-order chi connectivity index (χ1) is 9.42. The Morgan fingerprint density at radius 1 is 0.947 bits per heavy atom. The second-order valence-electron chi connectivity index (χ2n) is 5.00. The first-order valence-corrected chi connectivity index (χ1v) is 6.59. The number of anilines is 1. The van der Waals surface area contributed by atoms with Gasteiger partial charge in [-0.15, -0.1) is 0 Å². The maximum atomic E-state index is 4.09. The number of nitrogens with zero attached hydrogens (tertiary/aromatic N) is 1. The summed E-state index contributed by atoms with van der Waals surface area (Å²) < 4.78 is 0. The molecule has 0 saturated carbocycles. The molecule has 0 amide bonds. The molecular weight excluding hydrogens is 232 g/mol. The molecule has 2 heteroatoms. The van der Waals surface area contributed by atoms with E-state index in [4.69, 9.17) is 0 Å². The van der Waals surface area contributed by atoms with Gasteiger partial charge in [0.1, 0.15) is 0 Å². The first kappa shape index (κ1) is 10.6. The van der Waals surface area contributed by atoms with E-state index in [0.717, 1.165) is 6.42 Å². The Bertz CT molecular complexity index is 735. The van der Waals surface area contributed by atoms with Crippen molar-refractivity contribution in [1.82, 2.24) is 4.98 Å². The molecule has 19 heavy (non-hydrogen) atoms. The molecule has 0 fully saturated rings. The number of hydrogen-bond donors (Lipinski definition) is 1. The summed E-state index contributed by atoms with van der Waals surface area (Å²) in [6, 6.07) is 17.5. The minimum absolute atomic E-state index is 0.365. The quantitative estimate of drug-likeness (QED) is 0.703. The molecule has 1 aliphatic rings. The van der Waals surface area contributed by atoms with Crippen molar-refractivity contribution in [3.63, 3.8) is 0 Å². The molecule has 1 aromatic heterocycles. The van der Waals surface area contributed by atoms with Gasteiger partial charge in [0, 0.05) is 23.5 Å². The normalized spacial score (nSPS) is 17.2. The molecule has 1 atom stereocenters. The minimum Gasteiger partial charge on any atom is -0.377 e. The standard InChI is InChI=1S/C17H14N2/c1-2-4-15-12(3-1)5-6-14-11-16(19-17(14)15)13-7-9-18-10-8-13/h1-10,16,19H,11H2. The van der Waals surface area contributed by atoms with Crippen molar-refractivity contribution >= 4 is 16.5 Å². The Hall–Kier alpha value is -2.35. The Kier molecular flexibility index (Phi) is 2.27. The lowest BCUT2D eigenvalue weighted by atomic mass is 10.0. The van der Waals surface area contributed by atoms with Gasteiger partial charge < -0.3 is 5.32 Å². The molecule has 0 bridgehead atoms. The predicted molar refractivity (Wildman–Crippen MR) is 78.3 cm³/mol. The number of fused-ring (bicyclic) bond motifs is 3. The Balaban J connectivity index is 1.80. The SMILES string of the molecule is c1ccc2c3c(ccc2c1)CC(c1ccncc1)N3. The van der Waals surface area contributed by atoms with E-state index in [0.29, 0.717) is 6.04 Å². The van der Waals surface area contributed by atoms with Crippen LogP contribution in [0.1, 0.15) is 17.2 Å². The topological polar surface area (TPSA) is 24.9 Å². The molecule has 1 aliphatic heterocycles. The Labute approximate surface area is 112 Å². The van der Waals surface area contributed by atoms with Gasteiger partial charge in [0.05, 0.1) is 6.04 Å². The number of aromatic nitrogens is 1. The van der Waals surface area contributed by atoms with Crippen molar-refractivity contribution in [2.24, 2.45) is 0 Å². The van der Waals surface area contributed by atoms with E-state index < -0.39 is 0 Å². The van der Waals surface area contributed by atoms with Crippen LogP contribution in [-0.2, 0) is 6.42 Å². The maximum absolute atomic E-state index is 4.09. The zero-order valence-electron chi connectivity index (χ0n) is 10.5. The number of pyridine rings is 1. The lowest BCUT2D eigenvalue weighted by Gasteiger charge is -2.11. The van der Waals surface area contributed by atoms with Crippen LogP contribution in [0.5, 0.6) is 0 Å². The van der Waals surface area contributed by atoms with Crippen LogP contribution in [0.25, 0.3) is 10.8 Å². The Morgan fingerprint density at radius 2 is 1.79 bits per heavy atom. The molecule has 2 heterocycles. The van der Waals surface area contributed by atoms with Gasteiger partial charge in [-0.1, -0.05) is 36.4 Å². The summed E-state index contributed by atoms with van der Waals surface area (Å²) in [5.74, 6) is 0. The molecule has 92 valence electrons. The van der Waals surface area contributed by atoms with E-state index in [9.17, 15) is 0 Å². The average molecular weight is 246 g/mol. The van der Waals surface area contributed by atoms with Crippen molar-refractivity contribution < 1.29 is 0 Å². The van der Waals surface area contributed by atoms with Crippen molar-refractivity contribution in [3.8, 4) is 0 Å². The molecule has 4 rings (SSSR count). The molecule has 0 saturated heterocycles. The third kappa shape index (κ3) is 1.68. The van der Waals surface area contributed by atoms with Crippen LogP contribution in [0, 0.1) is 0 Å². The van der Waals surface area contributed by atoms with Crippen LogP contribution in [-0.4, -0.2) is 4.98 Å². The highest BCUT2D eigenvalue weighted by atomic mass is 15.0. The van der Waals surface area contributed by atoms with Gasteiger partial charge in [0.2, 0.25) is 0 Å². The minimum atomic E-state index is 0.365. The summed E-state index contributed by atoms with van der Waals surface area (Å²) in [6.45, 7) is 0. The monoisotopic (exact) mass is 246 g/mol. The first-order valence-electron chi connectivity index (χ1n) is 6.59. The zero-order chi connectivity index (χ0) is 12.7. The van der Waals surface area contributed by atoms with Crippen molar-refractivity contribution in [3.05, 3.63) is 72.1 Å². The summed E-state index contributed by atoms with van der Waals surface area (Å²) in [5, 5.41) is 6.28. The highest BCUT2D eigenvalue weighted by molar-refractivity contribution is 5.96. The second kappa shape index (κ2) is 4.09. The number of nitrogens with one attached hydrogen (secondary N) is 1. The average Bonchev–Trinajstić information content (AvgIpc) is 2.93. The van der Waals surface area contributed by atoms with Gasteiger partial charge in [-0.2, -0.15) is 0 Å². The van der Waals surface area contributed by atoms with Gasteiger partial charge >= 0.3 is 0 Å². The molecule has 1 N–H and O–H groups in total. The largest absolute Gasteiger partial charge is 0.377 e. The van der Waals surface area contributed by atoms with Crippen molar-refractivity contribution in [2.45, 2.75) is 12.5 Å². The van der Waals surface area contributed by atoms with Crippen molar-refractivity contribution in [1.29, 1.82) is 0 Å². The fraction of sp³-hybridized carbons (Fsp3) is 0.118. The zero-order valence-corrected chi connectivity index (χ0v) is 10.5. The van der Waals surface area contributed by atoms with E-state index in [1.165, 1.54) is 27.6 Å². The van der Waals surface area contributed by atoms with Gasteiger partial charge in [-0.05, 0) is 35.1 Å². The van der Waals surface area contributed by atoms with E-state index >= 15 is 0 Å². The number of rotatable bonds is 1. The third-order valence-corrected chi connectivity index (χ3v) is 3.87. The number of hydrogen-bond acceptors (Lipinski definition) is 2. The summed E-state index contributed by atoms with van der Waals surface area (Å²) in [4.78, 5) is 4.09. The van der Waals surface area contributed by atoms with Crippen LogP contribution < -0.4 is 5.32 Å². The van der Waals surface area contributed by atoms with Gasteiger partial charge in [-0.25, -0.2) is 0 Å². The van der Waals surface area contributed by atoms with Crippen LogP contribution in [0.4, 0.5) is 5.69 Å². The predicted octanol–water partition coefficient (Wildman–Crippen LogP) is 3.94. The van der Waals surface area contributed by atoms with E-state index in [1.807, 2.05) is 12.4 Å². The molecule has 0 radical (unpaired) electrons. The van der Waals surface area contributed by atoms with E-state index in [2.05, 4.69) is 58.8 Å². The molecule has 1 unspecified atom stereocenters.